The Hall–Kier alpha value is -7.10. The molecular formula is C53H37N3. The molecule has 264 valence electrons. The molecule has 11 rings (SSSR count). The van der Waals surface area contributed by atoms with Gasteiger partial charge in [0.2, 0.25) is 0 Å². The van der Waals surface area contributed by atoms with Crippen LogP contribution in [-0.2, 0) is 5.41 Å². The Labute approximate surface area is 326 Å². The first-order valence-electron chi connectivity index (χ1n) is 19.3. The van der Waals surface area contributed by atoms with Crippen LogP contribution in [0.4, 0.5) is 0 Å². The predicted octanol–water partition coefficient (Wildman–Crippen LogP) is 13.7. The molecule has 2 heterocycles. The van der Waals surface area contributed by atoms with Crippen LogP contribution in [0.3, 0.4) is 0 Å². The zero-order chi connectivity index (χ0) is 37.4. The topological polar surface area (TPSA) is 30.7 Å². The van der Waals surface area contributed by atoms with Crippen molar-refractivity contribution in [3.05, 3.63) is 199 Å². The summed E-state index contributed by atoms with van der Waals surface area (Å²) in [5.41, 5.74) is 15.9. The second kappa shape index (κ2) is 12.5. The van der Waals surface area contributed by atoms with Crippen LogP contribution >= 0.6 is 0 Å². The molecule has 0 saturated carbocycles. The normalized spacial score (nSPS) is 13.0. The van der Waals surface area contributed by atoms with Crippen LogP contribution in [0.5, 0.6) is 0 Å². The molecule has 1 aliphatic rings. The van der Waals surface area contributed by atoms with Gasteiger partial charge in [0.25, 0.3) is 0 Å². The molecule has 0 atom stereocenters. The Kier molecular flexibility index (Phi) is 7.20. The molecule has 0 bridgehead atoms. The maximum atomic E-state index is 5.47. The Morgan fingerprint density at radius 2 is 1.05 bits per heavy atom. The molecule has 8 aromatic carbocycles. The van der Waals surface area contributed by atoms with E-state index in [-0.39, 0.29) is 5.41 Å². The lowest BCUT2D eigenvalue weighted by Crippen LogP contribution is -2.15. The number of aromatic nitrogens is 3. The summed E-state index contributed by atoms with van der Waals surface area (Å²) >= 11 is 0. The number of nitrogens with zero attached hydrogens (tertiary/aromatic N) is 3. The van der Waals surface area contributed by atoms with Crippen molar-refractivity contribution < 1.29 is 0 Å². The summed E-state index contributed by atoms with van der Waals surface area (Å²) in [4.78, 5) is 10.8. The molecule has 3 heteroatoms. The lowest BCUT2D eigenvalue weighted by atomic mass is 9.80. The SMILES string of the molecule is CC1(C)c2ccccc2-c2ccc3ccc(-c4nc(-c5ccc(-c6ccccc6)cc5)cc(-c5cccc6c7ccccc7n(-c7ccccc7)c56)n4)cc3c21. The van der Waals surface area contributed by atoms with Crippen LogP contribution in [0.2, 0.25) is 0 Å². The van der Waals surface area contributed by atoms with Crippen molar-refractivity contribution >= 4 is 32.6 Å². The van der Waals surface area contributed by atoms with E-state index in [9.17, 15) is 0 Å². The van der Waals surface area contributed by atoms with Gasteiger partial charge in [-0.05, 0) is 74.5 Å². The first-order chi connectivity index (χ1) is 27.5. The lowest BCUT2D eigenvalue weighted by Gasteiger charge is -2.23. The van der Waals surface area contributed by atoms with E-state index in [1.54, 1.807) is 0 Å². The van der Waals surface area contributed by atoms with E-state index in [0.717, 1.165) is 39.3 Å². The van der Waals surface area contributed by atoms with E-state index in [1.165, 1.54) is 60.4 Å². The molecule has 2 aromatic heterocycles. The monoisotopic (exact) mass is 715 g/mol. The van der Waals surface area contributed by atoms with E-state index in [1.807, 2.05) is 0 Å². The largest absolute Gasteiger partial charge is 0.309 e. The Bertz CT molecular complexity index is 3140. The van der Waals surface area contributed by atoms with Crippen molar-refractivity contribution in [1.82, 2.24) is 14.5 Å². The highest BCUT2D eigenvalue weighted by atomic mass is 15.0. The lowest BCUT2D eigenvalue weighted by molar-refractivity contribution is 0.666. The third-order valence-electron chi connectivity index (χ3n) is 11.8. The van der Waals surface area contributed by atoms with E-state index in [0.29, 0.717) is 5.82 Å². The van der Waals surface area contributed by atoms with Gasteiger partial charge in [-0.2, -0.15) is 0 Å². The molecule has 0 amide bonds. The summed E-state index contributed by atoms with van der Waals surface area (Å²) in [5, 5.41) is 4.87. The summed E-state index contributed by atoms with van der Waals surface area (Å²) in [5.74, 6) is 0.705. The molecule has 0 spiro atoms. The van der Waals surface area contributed by atoms with Gasteiger partial charge >= 0.3 is 0 Å². The van der Waals surface area contributed by atoms with Crippen molar-refractivity contribution in [2.45, 2.75) is 19.3 Å². The molecule has 56 heavy (non-hydrogen) atoms. The summed E-state index contributed by atoms with van der Waals surface area (Å²) in [6.07, 6.45) is 0. The second-order valence-corrected chi connectivity index (χ2v) is 15.4. The number of hydrogen-bond acceptors (Lipinski definition) is 2. The van der Waals surface area contributed by atoms with E-state index >= 15 is 0 Å². The molecule has 0 N–H and O–H groups in total. The number of fused-ring (bicyclic) bond motifs is 8. The van der Waals surface area contributed by atoms with E-state index in [4.69, 9.17) is 9.97 Å². The van der Waals surface area contributed by atoms with Gasteiger partial charge in [-0.25, -0.2) is 9.97 Å². The maximum Gasteiger partial charge on any atom is 0.160 e. The maximum absolute atomic E-state index is 5.47. The zero-order valence-electron chi connectivity index (χ0n) is 31.2. The number of hydrogen-bond donors (Lipinski definition) is 0. The molecule has 10 aromatic rings. The van der Waals surface area contributed by atoms with Crippen LogP contribution in [0.25, 0.3) is 94.4 Å². The van der Waals surface area contributed by atoms with E-state index < -0.39 is 0 Å². The fourth-order valence-electron chi connectivity index (χ4n) is 9.15. The van der Waals surface area contributed by atoms with Crippen LogP contribution in [0, 0.1) is 0 Å². The van der Waals surface area contributed by atoms with Crippen LogP contribution in [0.1, 0.15) is 25.0 Å². The highest BCUT2D eigenvalue weighted by molar-refractivity contribution is 6.13. The van der Waals surface area contributed by atoms with Gasteiger partial charge in [0.15, 0.2) is 5.82 Å². The number of para-hydroxylation sites is 3. The van der Waals surface area contributed by atoms with Gasteiger partial charge in [0, 0.05) is 38.6 Å². The predicted molar refractivity (Wildman–Crippen MR) is 233 cm³/mol. The van der Waals surface area contributed by atoms with Crippen LogP contribution < -0.4 is 0 Å². The van der Waals surface area contributed by atoms with Gasteiger partial charge in [0.05, 0.1) is 22.4 Å². The van der Waals surface area contributed by atoms with Gasteiger partial charge in [-0.15, -0.1) is 0 Å². The summed E-state index contributed by atoms with van der Waals surface area (Å²) in [6, 6.07) is 67.5. The standard InChI is InChI=1S/C53H37N3/c1-53(2)46-22-11-9-18-40(46)42-31-30-36-26-29-38(32-45(36)50(42)53)52-54-47(37-27-24-35(25-28-37)34-14-5-3-6-15-34)33-48(55-52)44-21-13-20-43-41-19-10-12-23-49(41)56(51(43)44)39-16-7-4-8-17-39/h3-33H,1-2H3. The summed E-state index contributed by atoms with van der Waals surface area (Å²) < 4.78 is 2.38. The molecular weight excluding hydrogens is 679 g/mol. The van der Waals surface area contributed by atoms with Crippen molar-refractivity contribution in [3.63, 3.8) is 0 Å². The third kappa shape index (κ3) is 4.98. The highest BCUT2D eigenvalue weighted by Gasteiger charge is 2.36. The average Bonchev–Trinajstić information content (AvgIpc) is 3.73. The number of benzene rings is 8. The average molecular weight is 716 g/mol. The smallest absolute Gasteiger partial charge is 0.160 e. The van der Waals surface area contributed by atoms with Gasteiger partial charge < -0.3 is 4.57 Å². The van der Waals surface area contributed by atoms with Crippen LogP contribution in [0.15, 0.2) is 188 Å². The highest BCUT2D eigenvalue weighted by Crippen LogP contribution is 2.51. The van der Waals surface area contributed by atoms with Crippen molar-refractivity contribution in [2.75, 3.05) is 0 Å². The quantitative estimate of drug-likeness (QED) is 0.178. The summed E-state index contributed by atoms with van der Waals surface area (Å²) in [6.45, 7) is 4.70. The second-order valence-electron chi connectivity index (χ2n) is 15.4. The molecule has 0 radical (unpaired) electrons. The molecule has 0 aliphatic heterocycles. The van der Waals surface area contributed by atoms with Crippen LogP contribution in [-0.4, -0.2) is 14.5 Å². The van der Waals surface area contributed by atoms with Crippen molar-refractivity contribution in [2.24, 2.45) is 0 Å². The van der Waals surface area contributed by atoms with E-state index in [2.05, 4.69) is 206 Å². The van der Waals surface area contributed by atoms with Gasteiger partial charge in [-0.3, -0.25) is 0 Å². The minimum Gasteiger partial charge on any atom is -0.309 e. The fourth-order valence-corrected chi connectivity index (χ4v) is 9.15. The molecule has 0 fully saturated rings. The first kappa shape index (κ1) is 32.3. The number of rotatable bonds is 5. The Balaban J connectivity index is 1.16. The third-order valence-corrected chi connectivity index (χ3v) is 11.8. The van der Waals surface area contributed by atoms with Crippen molar-refractivity contribution in [3.8, 4) is 61.8 Å². The van der Waals surface area contributed by atoms with Gasteiger partial charge in [-0.1, -0.05) is 172 Å². The first-order valence-corrected chi connectivity index (χ1v) is 19.3. The molecule has 0 saturated heterocycles. The molecule has 3 nitrogen and oxygen atoms in total. The molecule has 0 unspecified atom stereocenters. The zero-order valence-corrected chi connectivity index (χ0v) is 31.2. The summed E-state index contributed by atoms with van der Waals surface area (Å²) in [7, 11) is 0. The fraction of sp³-hybridized carbons (Fsp3) is 0.0566. The minimum atomic E-state index is -0.140. The minimum absolute atomic E-state index is 0.140. The Morgan fingerprint density at radius 3 is 1.89 bits per heavy atom. The molecule has 1 aliphatic carbocycles. The van der Waals surface area contributed by atoms with Gasteiger partial charge in [0.1, 0.15) is 0 Å². The Morgan fingerprint density at radius 1 is 0.429 bits per heavy atom. The van der Waals surface area contributed by atoms with Crippen molar-refractivity contribution in [1.29, 1.82) is 0 Å².